The highest BCUT2D eigenvalue weighted by atomic mass is 16.2. The van der Waals surface area contributed by atoms with Gasteiger partial charge in [0, 0.05) is 18.6 Å². The highest BCUT2D eigenvalue weighted by molar-refractivity contribution is 5.78. The summed E-state index contributed by atoms with van der Waals surface area (Å²) in [6.45, 7) is 14.6. The summed E-state index contributed by atoms with van der Waals surface area (Å²) in [6.07, 6.45) is 0.924. The molecule has 1 amide bonds. The summed E-state index contributed by atoms with van der Waals surface area (Å²) in [5.41, 5.74) is 6.32. The minimum atomic E-state index is 0.0674. The molecule has 3 N–H and O–H groups in total. The molecule has 0 bridgehead atoms. The molecule has 0 aromatic heterocycles. The second-order valence-electron chi connectivity index (χ2n) is 5.90. The maximum absolute atomic E-state index is 11.8. The second kappa shape index (κ2) is 7.74. The lowest BCUT2D eigenvalue weighted by molar-refractivity contribution is -0.123. The maximum Gasteiger partial charge on any atom is 0.234 e. The second-order valence-corrected chi connectivity index (χ2v) is 5.90. The number of rotatable bonds is 7. The van der Waals surface area contributed by atoms with Gasteiger partial charge in [-0.15, -0.1) is 0 Å². The molecule has 0 aliphatic rings. The number of nitrogens with one attached hydrogen (secondary N) is 1. The maximum atomic E-state index is 11.8. The summed E-state index contributed by atoms with van der Waals surface area (Å²) in [5.74, 6) is 0.0805. The molecule has 0 aliphatic carbocycles. The van der Waals surface area contributed by atoms with Gasteiger partial charge in [0.2, 0.25) is 5.91 Å². The van der Waals surface area contributed by atoms with E-state index in [2.05, 4.69) is 44.8 Å². The molecule has 0 saturated heterocycles. The van der Waals surface area contributed by atoms with Crippen LogP contribution in [0.3, 0.4) is 0 Å². The molecule has 0 fully saturated rings. The SMILES string of the molecule is CCNC(=O)CN(CC)C(C(N)CC)C(C)(C)C. The lowest BCUT2D eigenvalue weighted by Gasteiger charge is -2.42. The largest absolute Gasteiger partial charge is 0.355 e. The van der Waals surface area contributed by atoms with Crippen LogP contribution >= 0.6 is 0 Å². The molecule has 0 radical (unpaired) electrons. The molecule has 4 heteroatoms. The van der Waals surface area contributed by atoms with Gasteiger partial charge < -0.3 is 11.1 Å². The Morgan fingerprint density at radius 3 is 2.17 bits per heavy atom. The predicted molar refractivity (Wildman–Crippen MR) is 77.4 cm³/mol. The molecule has 4 nitrogen and oxygen atoms in total. The lowest BCUT2D eigenvalue weighted by Crippen LogP contribution is -2.56. The van der Waals surface area contributed by atoms with Crippen LogP contribution in [0.25, 0.3) is 0 Å². The molecule has 18 heavy (non-hydrogen) atoms. The van der Waals surface area contributed by atoms with Crippen LogP contribution in [-0.2, 0) is 4.79 Å². The van der Waals surface area contributed by atoms with E-state index >= 15 is 0 Å². The normalized spacial score (nSPS) is 15.6. The molecule has 0 heterocycles. The van der Waals surface area contributed by atoms with Crippen molar-refractivity contribution >= 4 is 5.91 Å². The number of likely N-dealkylation sites (N-methyl/N-ethyl adjacent to an activating group) is 2. The first-order valence-electron chi connectivity index (χ1n) is 7.04. The van der Waals surface area contributed by atoms with Crippen molar-refractivity contribution in [1.29, 1.82) is 0 Å². The highest BCUT2D eigenvalue weighted by Crippen LogP contribution is 2.27. The van der Waals surface area contributed by atoms with Crippen molar-refractivity contribution in [3.05, 3.63) is 0 Å². The van der Waals surface area contributed by atoms with Gasteiger partial charge in [-0.2, -0.15) is 0 Å². The van der Waals surface area contributed by atoms with Crippen molar-refractivity contribution < 1.29 is 4.79 Å². The van der Waals surface area contributed by atoms with E-state index in [-0.39, 0.29) is 23.4 Å². The van der Waals surface area contributed by atoms with Crippen LogP contribution in [-0.4, -0.2) is 42.5 Å². The monoisotopic (exact) mass is 257 g/mol. The van der Waals surface area contributed by atoms with Gasteiger partial charge in [-0.1, -0.05) is 34.6 Å². The third-order valence-electron chi connectivity index (χ3n) is 3.28. The highest BCUT2D eigenvalue weighted by Gasteiger charge is 2.34. The van der Waals surface area contributed by atoms with Crippen LogP contribution in [0.4, 0.5) is 0 Å². The van der Waals surface area contributed by atoms with E-state index in [9.17, 15) is 4.79 Å². The third kappa shape index (κ3) is 5.36. The number of hydrogen-bond donors (Lipinski definition) is 2. The molecule has 2 atom stereocenters. The summed E-state index contributed by atoms with van der Waals surface area (Å²) in [5, 5.41) is 2.85. The topological polar surface area (TPSA) is 58.4 Å². The zero-order valence-corrected chi connectivity index (χ0v) is 12.9. The van der Waals surface area contributed by atoms with Gasteiger partial charge in [0.25, 0.3) is 0 Å². The number of carbonyl (C=O) groups is 1. The van der Waals surface area contributed by atoms with Crippen molar-refractivity contribution in [2.75, 3.05) is 19.6 Å². The minimum Gasteiger partial charge on any atom is -0.355 e. The Morgan fingerprint density at radius 2 is 1.83 bits per heavy atom. The van der Waals surface area contributed by atoms with Crippen molar-refractivity contribution in [2.24, 2.45) is 11.1 Å². The molecule has 108 valence electrons. The Labute approximate surface area is 112 Å². The smallest absolute Gasteiger partial charge is 0.234 e. The first kappa shape index (κ1) is 17.4. The van der Waals surface area contributed by atoms with Crippen molar-refractivity contribution in [3.63, 3.8) is 0 Å². The number of hydrogen-bond acceptors (Lipinski definition) is 3. The van der Waals surface area contributed by atoms with Crippen LogP contribution in [0, 0.1) is 5.41 Å². The molecule has 0 aromatic rings. The van der Waals surface area contributed by atoms with Gasteiger partial charge in [0.05, 0.1) is 6.54 Å². The van der Waals surface area contributed by atoms with Gasteiger partial charge in [0.15, 0.2) is 0 Å². The summed E-state index contributed by atoms with van der Waals surface area (Å²) in [6, 6.07) is 0.314. The Bertz CT molecular complexity index is 248. The van der Waals surface area contributed by atoms with Gasteiger partial charge in [-0.3, -0.25) is 9.69 Å². The molecule has 0 saturated carbocycles. The van der Waals surface area contributed by atoms with Gasteiger partial charge in [-0.05, 0) is 25.3 Å². The molecule has 0 aliphatic heterocycles. The van der Waals surface area contributed by atoms with Crippen LogP contribution in [0.15, 0.2) is 0 Å². The number of amides is 1. The zero-order valence-electron chi connectivity index (χ0n) is 12.9. The van der Waals surface area contributed by atoms with Crippen molar-refractivity contribution in [2.45, 2.75) is 60.0 Å². The van der Waals surface area contributed by atoms with E-state index in [1.165, 1.54) is 0 Å². The summed E-state index contributed by atoms with van der Waals surface area (Å²) in [4.78, 5) is 14.0. The summed E-state index contributed by atoms with van der Waals surface area (Å²) in [7, 11) is 0. The van der Waals surface area contributed by atoms with Crippen LogP contribution < -0.4 is 11.1 Å². The van der Waals surface area contributed by atoms with E-state index in [0.29, 0.717) is 13.1 Å². The molecular formula is C14H31N3O. The Kier molecular flexibility index (Phi) is 7.48. The molecule has 0 rings (SSSR count). The first-order chi connectivity index (χ1) is 8.27. The summed E-state index contributed by atoms with van der Waals surface area (Å²) >= 11 is 0. The number of nitrogens with zero attached hydrogens (tertiary/aromatic N) is 1. The average Bonchev–Trinajstić information content (AvgIpc) is 2.26. The lowest BCUT2D eigenvalue weighted by atomic mass is 9.80. The predicted octanol–water partition coefficient (Wildman–Crippen LogP) is 1.60. The van der Waals surface area contributed by atoms with Crippen LogP contribution in [0.5, 0.6) is 0 Å². The van der Waals surface area contributed by atoms with Gasteiger partial charge in [0.1, 0.15) is 0 Å². The molecular weight excluding hydrogens is 226 g/mol. The quantitative estimate of drug-likeness (QED) is 0.728. The number of nitrogens with two attached hydrogens (primary N) is 1. The van der Waals surface area contributed by atoms with Crippen molar-refractivity contribution in [1.82, 2.24) is 10.2 Å². The van der Waals surface area contributed by atoms with E-state index in [0.717, 1.165) is 13.0 Å². The van der Waals surface area contributed by atoms with Gasteiger partial charge >= 0.3 is 0 Å². The Hall–Kier alpha value is -0.610. The van der Waals surface area contributed by atoms with E-state index in [1.807, 2.05) is 6.92 Å². The fraction of sp³-hybridized carbons (Fsp3) is 0.929. The first-order valence-corrected chi connectivity index (χ1v) is 7.04. The fourth-order valence-corrected chi connectivity index (χ4v) is 2.53. The third-order valence-corrected chi connectivity index (χ3v) is 3.28. The standard InChI is InChI=1S/C14H31N3O/c1-7-11(15)13(14(4,5)6)17(9-3)10-12(18)16-8-2/h11,13H,7-10,15H2,1-6H3,(H,16,18). The number of carbonyl (C=O) groups excluding carboxylic acids is 1. The fourth-order valence-electron chi connectivity index (χ4n) is 2.53. The minimum absolute atomic E-state index is 0.0674. The molecule has 0 spiro atoms. The molecule has 0 aromatic carbocycles. The van der Waals surface area contributed by atoms with E-state index in [1.54, 1.807) is 0 Å². The summed E-state index contributed by atoms with van der Waals surface area (Å²) < 4.78 is 0. The van der Waals surface area contributed by atoms with Gasteiger partial charge in [-0.25, -0.2) is 0 Å². The Balaban J connectivity index is 4.88. The zero-order chi connectivity index (χ0) is 14.3. The van der Waals surface area contributed by atoms with Crippen LogP contribution in [0.1, 0.15) is 48.0 Å². The van der Waals surface area contributed by atoms with E-state index in [4.69, 9.17) is 5.73 Å². The Morgan fingerprint density at radius 1 is 1.28 bits per heavy atom. The average molecular weight is 257 g/mol. The van der Waals surface area contributed by atoms with Crippen molar-refractivity contribution in [3.8, 4) is 0 Å². The van der Waals surface area contributed by atoms with Crippen LogP contribution in [0.2, 0.25) is 0 Å². The van der Waals surface area contributed by atoms with E-state index < -0.39 is 0 Å². The molecule has 2 unspecified atom stereocenters.